The van der Waals surface area contributed by atoms with Gasteiger partial charge in [0.2, 0.25) is 5.91 Å². The second-order valence-corrected chi connectivity index (χ2v) is 6.46. The van der Waals surface area contributed by atoms with Gasteiger partial charge in [-0.2, -0.15) is 0 Å². The highest BCUT2D eigenvalue weighted by molar-refractivity contribution is 5.75. The summed E-state index contributed by atoms with van der Waals surface area (Å²) in [6, 6.07) is 7.72. The molecule has 1 aliphatic heterocycles. The number of rotatable bonds is 6. The molecule has 1 fully saturated rings. The summed E-state index contributed by atoms with van der Waals surface area (Å²) < 4.78 is 5.65. The van der Waals surface area contributed by atoms with Gasteiger partial charge in [0.25, 0.3) is 0 Å². The highest BCUT2D eigenvalue weighted by atomic mass is 16.3. The van der Waals surface area contributed by atoms with Gasteiger partial charge in [-0.15, -0.1) is 0 Å². The molecule has 1 saturated heterocycles. The van der Waals surface area contributed by atoms with Gasteiger partial charge in [0.1, 0.15) is 5.52 Å². The van der Waals surface area contributed by atoms with Crippen molar-refractivity contribution >= 4 is 17.0 Å². The van der Waals surface area contributed by atoms with E-state index in [2.05, 4.69) is 22.2 Å². The van der Waals surface area contributed by atoms with E-state index >= 15 is 0 Å². The Morgan fingerprint density at radius 2 is 2.13 bits per heavy atom. The molecule has 1 N–H and O–H groups in total. The predicted octanol–water partition coefficient (Wildman–Crippen LogP) is 2.61. The van der Waals surface area contributed by atoms with Crippen LogP contribution < -0.4 is 5.32 Å². The Balaban J connectivity index is 1.36. The van der Waals surface area contributed by atoms with Crippen molar-refractivity contribution in [3.8, 4) is 0 Å². The number of hydrogen-bond donors (Lipinski definition) is 1. The number of likely N-dealkylation sites (tertiary alicyclic amines) is 1. The van der Waals surface area contributed by atoms with Crippen molar-refractivity contribution in [2.75, 3.05) is 26.7 Å². The Bertz CT molecular complexity index is 612. The highest BCUT2D eigenvalue weighted by Gasteiger charge is 2.17. The number of oxazole rings is 1. The van der Waals surface area contributed by atoms with Crippen molar-refractivity contribution in [2.24, 2.45) is 5.92 Å². The van der Waals surface area contributed by atoms with Crippen molar-refractivity contribution in [1.82, 2.24) is 15.2 Å². The summed E-state index contributed by atoms with van der Waals surface area (Å²) in [5.41, 5.74) is 1.67. The Morgan fingerprint density at radius 1 is 1.35 bits per heavy atom. The molecule has 5 heteroatoms. The number of hydrogen-bond acceptors (Lipinski definition) is 4. The fourth-order valence-corrected chi connectivity index (χ4v) is 3.11. The van der Waals surface area contributed by atoms with Gasteiger partial charge in [-0.25, -0.2) is 4.98 Å². The van der Waals surface area contributed by atoms with Crippen LogP contribution in [0.2, 0.25) is 0 Å². The number of nitrogens with one attached hydrogen (secondary N) is 1. The highest BCUT2D eigenvalue weighted by Crippen LogP contribution is 2.20. The first-order chi connectivity index (χ1) is 11.2. The molecule has 1 amide bonds. The van der Waals surface area contributed by atoms with E-state index in [1.807, 2.05) is 24.3 Å². The molecule has 3 rings (SSSR count). The van der Waals surface area contributed by atoms with E-state index in [-0.39, 0.29) is 5.91 Å². The summed E-state index contributed by atoms with van der Waals surface area (Å²) in [6.45, 7) is 2.90. The van der Waals surface area contributed by atoms with E-state index in [0.717, 1.165) is 30.6 Å². The summed E-state index contributed by atoms with van der Waals surface area (Å²) >= 11 is 0. The van der Waals surface area contributed by atoms with Crippen molar-refractivity contribution in [3.63, 3.8) is 0 Å². The molecule has 0 unspecified atom stereocenters. The largest absolute Gasteiger partial charge is 0.441 e. The Labute approximate surface area is 137 Å². The molecule has 124 valence electrons. The summed E-state index contributed by atoms with van der Waals surface area (Å²) in [7, 11) is 2.16. The van der Waals surface area contributed by atoms with Gasteiger partial charge in [0, 0.05) is 19.4 Å². The summed E-state index contributed by atoms with van der Waals surface area (Å²) in [5.74, 6) is 1.52. The van der Waals surface area contributed by atoms with Gasteiger partial charge < -0.3 is 14.6 Å². The number of para-hydroxylation sites is 2. The normalized spacial score (nSPS) is 16.7. The summed E-state index contributed by atoms with van der Waals surface area (Å²) in [6.07, 6.45) is 4.69. The number of carbonyl (C=O) groups excluding carboxylic acids is 1. The van der Waals surface area contributed by atoms with Crippen molar-refractivity contribution < 1.29 is 9.21 Å². The number of aromatic nitrogens is 1. The van der Waals surface area contributed by atoms with Crippen LogP contribution in [0.1, 0.15) is 31.6 Å². The van der Waals surface area contributed by atoms with Crippen molar-refractivity contribution in [3.05, 3.63) is 30.2 Å². The van der Waals surface area contributed by atoms with E-state index in [1.54, 1.807) is 0 Å². The fourth-order valence-electron chi connectivity index (χ4n) is 3.11. The van der Waals surface area contributed by atoms with Crippen LogP contribution in [0.4, 0.5) is 0 Å². The first-order valence-electron chi connectivity index (χ1n) is 8.50. The first kappa shape index (κ1) is 16.0. The Kier molecular flexibility index (Phi) is 5.28. The number of fused-ring (bicyclic) bond motifs is 1. The van der Waals surface area contributed by atoms with Crippen LogP contribution in [-0.4, -0.2) is 42.5 Å². The smallest absolute Gasteiger partial charge is 0.220 e. The lowest BCUT2D eigenvalue weighted by molar-refractivity contribution is -0.121. The fraction of sp³-hybridized carbons (Fsp3) is 0.556. The minimum atomic E-state index is 0.139. The molecule has 0 radical (unpaired) electrons. The molecular weight excluding hydrogens is 290 g/mol. The Morgan fingerprint density at radius 3 is 2.91 bits per heavy atom. The average Bonchev–Trinajstić information content (AvgIpc) is 2.97. The van der Waals surface area contributed by atoms with E-state index < -0.39 is 0 Å². The summed E-state index contributed by atoms with van der Waals surface area (Å²) in [4.78, 5) is 18.7. The number of piperidine rings is 1. The van der Waals surface area contributed by atoms with Crippen LogP contribution in [-0.2, 0) is 11.2 Å². The van der Waals surface area contributed by atoms with Gasteiger partial charge in [-0.3, -0.25) is 4.79 Å². The van der Waals surface area contributed by atoms with Crippen LogP contribution in [0, 0.1) is 5.92 Å². The molecule has 0 aliphatic carbocycles. The zero-order valence-corrected chi connectivity index (χ0v) is 13.8. The lowest BCUT2D eigenvalue weighted by atomic mass is 9.92. The minimum absolute atomic E-state index is 0.139. The zero-order valence-electron chi connectivity index (χ0n) is 13.8. The second-order valence-electron chi connectivity index (χ2n) is 6.46. The van der Waals surface area contributed by atoms with Crippen LogP contribution in [0.3, 0.4) is 0 Å². The molecule has 2 aromatic rings. The third-order valence-electron chi connectivity index (χ3n) is 4.62. The standard InChI is InChI=1S/C18H25N3O2/c1-21-12-9-14(10-13-21)6-7-17(22)19-11-8-18-20-15-4-2-3-5-16(15)23-18/h2-5,14H,6-13H2,1H3,(H,19,22). The molecule has 23 heavy (non-hydrogen) atoms. The van der Waals surface area contributed by atoms with Gasteiger partial charge in [-0.05, 0) is 57.5 Å². The lowest BCUT2D eigenvalue weighted by Crippen LogP contribution is -2.31. The summed E-state index contributed by atoms with van der Waals surface area (Å²) in [5, 5.41) is 2.97. The number of carbonyl (C=O) groups is 1. The third-order valence-corrected chi connectivity index (χ3v) is 4.62. The second kappa shape index (κ2) is 7.59. The molecule has 0 spiro atoms. The first-order valence-corrected chi connectivity index (χ1v) is 8.50. The van der Waals surface area contributed by atoms with Gasteiger partial charge >= 0.3 is 0 Å². The van der Waals surface area contributed by atoms with Gasteiger partial charge in [-0.1, -0.05) is 12.1 Å². The Hall–Kier alpha value is -1.88. The van der Waals surface area contributed by atoms with Crippen LogP contribution >= 0.6 is 0 Å². The van der Waals surface area contributed by atoms with Gasteiger partial charge in [0.05, 0.1) is 0 Å². The monoisotopic (exact) mass is 315 g/mol. The van der Waals surface area contributed by atoms with Crippen LogP contribution in [0.5, 0.6) is 0 Å². The zero-order chi connectivity index (χ0) is 16.1. The quantitative estimate of drug-likeness (QED) is 0.890. The van der Waals surface area contributed by atoms with E-state index in [1.165, 1.54) is 12.8 Å². The number of amides is 1. The van der Waals surface area contributed by atoms with Crippen molar-refractivity contribution in [2.45, 2.75) is 32.1 Å². The number of benzene rings is 1. The van der Waals surface area contributed by atoms with Crippen LogP contribution in [0.15, 0.2) is 28.7 Å². The maximum Gasteiger partial charge on any atom is 0.220 e. The maximum atomic E-state index is 11.9. The lowest BCUT2D eigenvalue weighted by Gasteiger charge is -2.28. The molecular formula is C18H25N3O2. The molecule has 2 heterocycles. The predicted molar refractivity (Wildman–Crippen MR) is 90.2 cm³/mol. The molecule has 1 aromatic heterocycles. The third kappa shape index (κ3) is 4.55. The SMILES string of the molecule is CN1CCC(CCC(=O)NCCc2nc3ccccc3o2)CC1. The molecule has 0 saturated carbocycles. The average molecular weight is 315 g/mol. The van der Waals surface area contributed by atoms with Gasteiger partial charge in [0.15, 0.2) is 11.5 Å². The maximum absolute atomic E-state index is 11.9. The van der Waals surface area contributed by atoms with E-state index in [4.69, 9.17) is 4.42 Å². The molecule has 5 nitrogen and oxygen atoms in total. The van der Waals surface area contributed by atoms with Crippen LogP contribution in [0.25, 0.3) is 11.1 Å². The molecule has 1 aliphatic rings. The van der Waals surface area contributed by atoms with E-state index in [0.29, 0.717) is 31.2 Å². The molecule has 0 atom stereocenters. The molecule has 0 bridgehead atoms. The van der Waals surface area contributed by atoms with E-state index in [9.17, 15) is 4.79 Å². The topological polar surface area (TPSA) is 58.4 Å². The van der Waals surface area contributed by atoms with Crippen molar-refractivity contribution in [1.29, 1.82) is 0 Å². The molecule has 1 aromatic carbocycles. The minimum Gasteiger partial charge on any atom is -0.441 e. The number of nitrogens with zero attached hydrogens (tertiary/aromatic N) is 2.